The van der Waals surface area contributed by atoms with E-state index in [1.165, 1.54) is 0 Å². The molecule has 4 heteroatoms. The summed E-state index contributed by atoms with van der Waals surface area (Å²) < 4.78 is 5.50. The quantitative estimate of drug-likeness (QED) is 0.741. The van der Waals surface area contributed by atoms with Crippen LogP contribution in [-0.2, 0) is 6.42 Å². The fraction of sp³-hybridized carbons (Fsp3) is 0.300. The lowest BCUT2D eigenvalue weighted by atomic mass is 10.3. The summed E-state index contributed by atoms with van der Waals surface area (Å²) >= 11 is 0. The van der Waals surface area contributed by atoms with Crippen LogP contribution in [0.5, 0.6) is 0 Å². The van der Waals surface area contributed by atoms with E-state index in [0.717, 1.165) is 24.4 Å². The fourth-order valence-electron chi connectivity index (χ4n) is 1.19. The summed E-state index contributed by atoms with van der Waals surface area (Å²) in [5.74, 6) is 1.44. The molecule has 0 amide bonds. The average molecular weight is 189 g/mol. The van der Waals surface area contributed by atoms with Crippen LogP contribution in [-0.4, -0.2) is 15.2 Å². The van der Waals surface area contributed by atoms with Gasteiger partial charge < -0.3 is 4.42 Å². The van der Waals surface area contributed by atoms with E-state index in [1.54, 1.807) is 12.4 Å². The number of hydrogen-bond acceptors (Lipinski definition) is 4. The molecule has 0 saturated carbocycles. The highest BCUT2D eigenvalue weighted by molar-refractivity contribution is 5.48. The zero-order valence-corrected chi connectivity index (χ0v) is 7.97. The predicted molar refractivity (Wildman–Crippen MR) is 51.5 cm³/mol. The van der Waals surface area contributed by atoms with E-state index in [9.17, 15) is 0 Å². The molecule has 0 fully saturated rings. The van der Waals surface area contributed by atoms with Gasteiger partial charge in [0, 0.05) is 12.6 Å². The van der Waals surface area contributed by atoms with Crippen molar-refractivity contribution in [3.8, 4) is 11.5 Å². The minimum atomic E-state index is 0.682. The van der Waals surface area contributed by atoms with Gasteiger partial charge in [-0.2, -0.15) is 5.10 Å². The van der Waals surface area contributed by atoms with Crippen molar-refractivity contribution >= 4 is 0 Å². The van der Waals surface area contributed by atoms with Gasteiger partial charge in [0.2, 0.25) is 0 Å². The third-order valence-corrected chi connectivity index (χ3v) is 1.84. The maximum Gasteiger partial charge on any atom is 0.194 e. The number of aryl methyl sites for hydroxylation is 1. The zero-order valence-electron chi connectivity index (χ0n) is 7.97. The molecular formula is C10H11N3O. The van der Waals surface area contributed by atoms with E-state index >= 15 is 0 Å². The molecule has 0 atom stereocenters. The number of aromatic nitrogens is 3. The number of hydrogen-bond donors (Lipinski definition) is 0. The van der Waals surface area contributed by atoms with Crippen molar-refractivity contribution < 1.29 is 4.42 Å². The van der Waals surface area contributed by atoms with E-state index in [0.29, 0.717) is 5.76 Å². The van der Waals surface area contributed by atoms with Crippen LogP contribution in [0.15, 0.2) is 28.9 Å². The Morgan fingerprint density at radius 2 is 2.36 bits per heavy atom. The maximum atomic E-state index is 5.50. The Labute approximate surface area is 82.0 Å². The highest BCUT2D eigenvalue weighted by Crippen LogP contribution is 2.17. The molecule has 0 N–H and O–H groups in total. The second-order valence-electron chi connectivity index (χ2n) is 2.98. The van der Waals surface area contributed by atoms with Crippen LogP contribution >= 0.6 is 0 Å². The van der Waals surface area contributed by atoms with Crippen LogP contribution in [0, 0.1) is 0 Å². The summed E-state index contributed by atoms with van der Waals surface area (Å²) in [6.45, 7) is 2.09. The number of rotatable bonds is 3. The smallest absolute Gasteiger partial charge is 0.194 e. The van der Waals surface area contributed by atoms with Crippen molar-refractivity contribution in [3.05, 3.63) is 30.4 Å². The monoisotopic (exact) mass is 189 g/mol. The lowest BCUT2D eigenvalue weighted by Gasteiger charge is -1.92. The van der Waals surface area contributed by atoms with Gasteiger partial charge in [-0.25, -0.2) is 4.98 Å². The van der Waals surface area contributed by atoms with Gasteiger partial charge >= 0.3 is 0 Å². The lowest BCUT2D eigenvalue weighted by molar-refractivity contribution is 0.501. The standard InChI is InChI=1S/C10H11N3O/c1-2-4-10-11-7-9(14-10)8-5-3-6-12-13-8/h3,5-7H,2,4H2,1H3. The molecule has 4 nitrogen and oxygen atoms in total. The molecule has 0 saturated heterocycles. The van der Waals surface area contributed by atoms with Gasteiger partial charge in [0.05, 0.1) is 6.20 Å². The van der Waals surface area contributed by atoms with Crippen LogP contribution in [0.25, 0.3) is 11.5 Å². The molecule has 14 heavy (non-hydrogen) atoms. The second-order valence-corrected chi connectivity index (χ2v) is 2.98. The molecule has 0 aliphatic heterocycles. The average Bonchev–Trinajstić information content (AvgIpc) is 2.68. The molecular weight excluding hydrogens is 178 g/mol. The van der Waals surface area contributed by atoms with Crippen LogP contribution in [0.2, 0.25) is 0 Å². The molecule has 0 radical (unpaired) electrons. The van der Waals surface area contributed by atoms with Crippen molar-refractivity contribution in [2.45, 2.75) is 19.8 Å². The maximum absolute atomic E-state index is 5.50. The first-order chi connectivity index (χ1) is 6.90. The summed E-state index contributed by atoms with van der Waals surface area (Å²) in [6, 6.07) is 3.67. The van der Waals surface area contributed by atoms with Gasteiger partial charge in [0.25, 0.3) is 0 Å². The molecule has 2 aromatic rings. The normalized spacial score (nSPS) is 10.4. The lowest BCUT2D eigenvalue weighted by Crippen LogP contribution is -1.83. The third kappa shape index (κ3) is 1.79. The molecule has 72 valence electrons. The molecule has 0 aliphatic rings. The van der Waals surface area contributed by atoms with Crippen LogP contribution < -0.4 is 0 Å². The van der Waals surface area contributed by atoms with Crippen molar-refractivity contribution in [3.63, 3.8) is 0 Å². The minimum Gasteiger partial charge on any atom is -0.439 e. The fourth-order valence-corrected chi connectivity index (χ4v) is 1.19. The largest absolute Gasteiger partial charge is 0.439 e. The Bertz CT molecular complexity index is 397. The van der Waals surface area contributed by atoms with Crippen LogP contribution in [0.4, 0.5) is 0 Å². The Hall–Kier alpha value is -1.71. The van der Waals surface area contributed by atoms with E-state index in [-0.39, 0.29) is 0 Å². The molecule has 0 bridgehead atoms. The van der Waals surface area contributed by atoms with E-state index in [4.69, 9.17) is 4.42 Å². The number of oxazole rings is 1. The Morgan fingerprint density at radius 3 is 3.07 bits per heavy atom. The van der Waals surface area contributed by atoms with Crippen LogP contribution in [0.3, 0.4) is 0 Å². The first-order valence-corrected chi connectivity index (χ1v) is 4.63. The third-order valence-electron chi connectivity index (χ3n) is 1.84. The minimum absolute atomic E-state index is 0.682. The summed E-state index contributed by atoms with van der Waals surface area (Å²) in [7, 11) is 0. The van der Waals surface area contributed by atoms with Crippen molar-refractivity contribution in [2.24, 2.45) is 0 Å². The SMILES string of the molecule is CCCc1ncc(-c2cccnn2)o1. The molecule has 0 unspecified atom stereocenters. The van der Waals surface area contributed by atoms with E-state index < -0.39 is 0 Å². The molecule has 0 aliphatic carbocycles. The van der Waals surface area contributed by atoms with Gasteiger partial charge in [-0.05, 0) is 18.6 Å². The summed E-state index contributed by atoms with van der Waals surface area (Å²) in [5.41, 5.74) is 0.724. The van der Waals surface area contributed by atoms with Crippen LogP contribution in [0.1, 0.15) is 19.2 Å². The summed E-state index contributed by atoms with van der Waals surface area (Å²) in [5, 5.41) is 7.72. The number of nitrogens with zero attached hydrogens (tertiary/aromatic N) is 3. The van der Waals surface area contributed by atoms with Gasteiger partial charge in [-0.3, -0.25) is 0 Å². The Morgan fingerprint density at radius 1 is 1.43 bits per heavy atom. The molecule has 2 aromatic heterocycles. The van der Waals surface area contributed by atoms with Crippen molar-refractivity contribution in [1.29, 1.82) is 0 Å². The molecule has 0 spiro atoms. The van der Waals surface area contributed by atoms with Gasteiger partial charge in [-0.15, -0.1) is 5.10 Å². The van der Waals surface area contributed by atoms with Gasteiger partial charge in [0.15, 0.2) is 11.7 Å². The van der Waals surface area contributed by atoms with E-state index in [2.05, 4.69) is 22.1 Å². The highest BCUT2D eigenvalue weighted by Gasteiger charge is 2.06. The highest BCUT2D eigenvalue weighted by atomic mass is 16.4. The first-order valence-electron chi connectivity index (χ1n) is 4.63. The zero-order chi connectivity index (χ0) is 9.80. The Balaban J connectivity index is 2.25. The Kier molecular flexibility index (Phi) is 2.53. The molecule has 2 rings (SSSR count). The van der Waals surface area contributed by atoms with Gasteiger partial charge in [-0.1, -0.05) is 6.92 Å². The first kappa shape index (κ1) is 8.87. The van der Waals surface area contributed by atoms with Crippen molar-refractivity contribution in [2.75, 3.05) is 0 Å². The topological polar surface area (TPSA) is 51.8 Å². The summed E-state index contributed by atoms with van der Waals surface area (Å²) in [4.78, 5) is 4.15. The van der Waals surface area contributed by atoms with E-state index in [1.807, 2.05) is 12.1 Å². The van der Waals surface area contributed by atoms with Crippen molar-refractivity contribution in [1.82, 2.24) is 15.2 Å². The van der Waals surface area contributed by atoms with Gasteiger partial charge in [0.1, 0.15) is 5.69 Å². The molecule has 0 aromatic carbocycles. The second kappa shape index (κ2) is 4.00. The molecule has 2 heterocycles. The summed E-state index contributed by atoms with van der Waals surface area (Å²) in [6.07, 6.45) is 5.21. The predicted octanol–water partition coefficient (Wildman–Crippen LogP) is 2.08.